The molecule has 0 aliphatic carbocycles. The SMILES string of the molecule is CCCCCCCCCCCC(=O)C(CC)(NCCCC)C(=O)CCCCCCCCCCC. The summed E-state index contributed by atoms with van der Waals surface area (Å²) in [6.45, 7) is 9.44. The smallest absolute Gasteiger partial charge is 0.160 e. The highest BCUT2D eigenvalue weighted by atomic mass is 16.2. The summed E-state index contributed by atoms with van der Waals surface area (Å²) in [4.78, 5) is 26.6. The zero-order valence-electron chi connectivity index (χ0n) is 23.8. The maximum atomic E-state index is 13.3. The van der Waals surface area contributed by atoms with E-state index in [1.54, 1.807) is 0 Å². The highest BCUT2D eigenvalue weighted by Gasteiger charge is 2.41. The molecule has 0 spiro atoms. The number of hydrogen-bond donors (Lipinski definition) is 1. The van der Waals surface area contributed by atoms with E-state index < -0.39 is 5.54 Å². The van der Waals surface area contributed by atoms with Gasteiger partial charge >= 0.3 is 0 Å². The predicted octanol–water partition coefficient (Wildman–Crippen LogP) is 9.50. The third kappa shape index (κ3) is 16.1. The summed E-state index contributed by atoms with van der Waals surface area (Å²) in [5.41, 5.74) is -0.935. The highest BCUT2D eigenvalue weighted by molar-refractivity contribution is 6.11. The van der Waals surface area contributed by atoms with Gasteiger partial charge < -0.3 is 0 Å². The van der Waals surface area contributed by atoms with E-state index >= 15 is 0 Å². The van der Waals surface area contributed by atoms with E-state index in [0.29, 0.717) is 19.3 Å². The van der Waals surface area contributed by atoms with E-state index in [1.807, 2.05) is 6.92 Å². The molecule has 0 aromatic heterocycles. The molecule has 0 aliphatic rings. The Bertz CT molecular complexity index is 440. The monoisotopic (exact) mass is 479 g/mol. The molecule has 1 N–H and O–H groups in total. The molecule has 0 aromatic rings. The Labute approximate surface area is 214 Å². The van der Waals surface area contributed by atoms with E-state index in [-0.39, 0.29) is 11.6 Å². The van der Waals surface area contributed by atoms with Crippen LogP contribution < -0.4 is 5.32 Å². The molecule has 0 aromatic carbocycles. The van der Waals surface area contributed by atoms with Crippen LogP contribution in [0.4, 0.5) is 0 Å². The lowest BCUT2D eigenvalue weighted by molar-refractivity contribution is -0.137. The third-order valence-corrected chi connectivity index (χ3v) is 7.45. The molecule has 0 heterocycles. The van der Waals surface area contributed by atoms with E-state index in [4.69, 9.17) is 0 Å². The lowest BCUT2D eigenvalue weighted by atomic mass is 9.81. The summed E-state index contributed by atoms with van der Waals surface area (Å²) in [7, 11) is 0. The summed E-state index contributed by atoms with van der Waals surface area (Å²) >= 11 is 0. The Morgan fingerprint density at radius 3 is 1.12 bits per heavy atom. The minimum atomic E-state index is -0.935. The number of rotatable bonds is 27. The van der Waals surface area contributed by atoms with Gasteiger partial charge in [-0.05, 0) is 32.2 Å². The number of Topliss-reactive ketones (excluding diaryl/α,β-unsaturated/α-hetero) is 2. The molecular weight excluding hydrogens is 418 g/mol. The van der Waals surface area contributed by atoms with Gasteiger partial charge in [0.1, 0.15) is 5.54 Å². The maximum Gasteiger partial charge on any atom is 0.160 e. The summed E-state index contributed by atoms with van der Waals surface area (Å²) in [5.74, 6) is 0.296. The predicted molar refractivity (Wildman–Crippen MR) is 150 cm³/mol. The van der Waals surface area contributed by atoms with Gasteiger partial charge in [0.25, 0.3) is 0 Å². The first-order valence-electron chi connectivity index (χ1n) is 15.4. The molecule has 0 rings (SSSR count). The van der Waals surface area contributed by atoms with Gasteiger partial charge in [-0.15, -0.1) is 0 Å². The number of carbonyl (C=O) groups is 2. The van der Waals surface area contributed by atoms with Crippen molar-refractivity contribution in [3.8, 4) is 0 Å². The van der Waals surface area contributed by atoms with Crippen LogP contribution in [0.2, 0.25) is 0 Å². The van der Waals surface area contributed by atoms with Crippen molar-refractivity contribution in [3.05, 3.63) is 0 Å². The molecule has 0 atom stereocenters. The Morgan fingerprint density at radius 2 is 0.794 bits per heavy atom. The Balaban J connectivity index is 4.42. The lowest BCUT2D eigenvalue weighted by Crippen LogP contribution is -2.58. The second-order valence-corrected chi connectivity index (χ2v) is 10.5. The van der Waals surface area contributed by atoms with Gasteiger partial charge in [0.2, 0.25) is 0 Å². The van der Waals surface area contributed by atoms with Crippen LogP contribution in [0.25, 0.3) is 0 Å². The van der Waals surface area contributed by atoms with Crippen molar-refractivity contribution in [2.24, 2.45) is 0 Å². The number of hydrogen-bond acceptors (Lipinski definition) is 3. The van der Waals surface area contributed by atoms with Crippen LogP contribution >= 0.6 is 0 Å². The molecule has 0 radical (unpaired) electrons. The molecule has 3 nitrogen and oxygen atoms in total. The van der Waals surface area contributed by atoms with Gasteiger partial charge in [0.15, 0.2) is 11.6 Å². The summed E-state index contributed by atoms with van der Waals surface area (Å²) in [6, 6.07) is 0. The Hall–Kier alpha value is -0.700. The van der Waals surface area contributed by atoms with Gasteiger partial charge in [-0.3, -0.25) is 14.9 Å². The summed E-state index contributed by atoms with van der Waals surface area (Å²) < 4.78 is 0. The first-order valence-corrected chi connectivity index (χ1v) is 15.4. The van der Waals surface area contributed by atoms with E-state index in [0.717, 1.165) is 45.1 Å². The van der Waals surface area contributed by atoms with Crippen molar-refractivity contribution >= 4 is 11.6 Å². The fraction of sp³-hybridized carbons (Fsp3) is 0.935. The van der Waals surface area contributed by atoms with E-state index in [9.17, 15) is 9.59 Å². The Morgan fingerprint density at radius 1 is 0.471 bits per heavy atom. The second-order valence-electron chi connectivity index (χ2n) is 10.5. The van der Waals surface area contributed by atoms with Crippen LogP contribution in [-0.2, 0) is 9.59 Å². The zero-order chi connectivity index (χ0) is 25.3. The van der Waals surface area contributed by atoms with Crippen molar-refractivity contribution in [2.45, 2.75) is 181 Å². The van der Waals surface area contributed by atoms with Crippen LogP contribution in [0.1, 0.15) is 175 Å². The minimum absolute atomic E-state index is 0.148. The van der Waals surface area contributed by atoms with Crippen molar-refractivity contribution < 1.29 is 9.59 Å². The fourth-order valence-electron chi connectivity index (χ4n) is 4.97. The molecule has 3 heteroatoms. The van der Waals surface area contributed by atoms with Crippen LogP contribution in [-0.4, -0.2) is 23.7 Å². The third-order valence-electron chi connectivity index (χ3n) is 7.45. The fourth-order valence-corrected chi connectivity index (χ4v) is 4.97. The first kappa shape index (κ1) is 33.3. The van der Waals surface area contributed by atoms with Gasteiger partial charge in [-0.2, -0.15) is 0 Å². The zero-order valence-corrected chi connectivity index (χ0v) is 23.8. The van der Waals surface area contributed by atoms with Crippen LogP contribution in [0.15, 0.2) is 0 Å². The van der Waals surface area contributed by atoms with Gasteiger partial charge in [0.05, 0.1) is 0 Å². The molecule has 0 saturated carbocycles. The average molecular weight is 480 g/mol. The van der Waals surface area contributed by atoms with Crippen molar-refractivity contribution in [3.63, 3.8) is 0 Å². The van der Waals surface area contributed by atoms with Crippen molar-refractivity contribution in [1.82, 2.24) is 5.32 Å². The number of ketones is 2. The maximum absolute atomic E-state index is 13.3. The number of nitrogens with one attached hydrogen (secondary N) is 1. The molecule has 0 bridgehead atoms. The average Bonchev–Trinajstić information content (AvgIpc) is 2.84. The second kappa shape index (κ2) is 24.0. The molecule has 34 heavy (non-hydrogen) atoms. The molecular formula is C31H61NO2. The molecule has 0 aliphatic heterocycles. The standard InChI is InChI=1S/C31H61NO2/c1-5-9-12-14-16-18-20-22-24-26-29(33)31(8-4,32-28-11-7-3)30(34)27-25-23-21-19-17-15-13-10-6-2/h32H,5-28H2,1-4H3. The molecule has 0 unspecified atom stereocenters. The number of unbranched alkanes of at least 4 members (excludes halogenated alkanes) is 17. The molecule has 0 saturated heterocycles. The topological polar surface area (TPSA) is 46.2 Å². The van der Waals surface area contributed by atoms with Gasteiger partial charge in [-0.25, -0.2) is 0 Å². The van der Waals surface area contributed by atoms with Gasteiger partial charge in [-0.1, -0.05) is 137 Å². The van der Waals surface area contributed by atoms with Crippen molar-refractivity contribution in [1.29, 1.82) is 0 Å². The normalized spacial score (nSPS) is 11.8. The Kier molecular flexibility index (Phi) is 23.5. The minimum Gasteiger partial charge on any atom is -0.299 e. The van der Waals surface area contributed by atoms with E-state index in [2.05, 4.69) is 26.1 Å². The summed E-state index contributed by atoms with van der Waals surface area (Å²) in [6.07, 6.45) is 26.2. The highest BCUT2D eigenvalue weighted by Crippen LogP contribution is 2.22. The molecule has 0 amide bonds. The lowest BCUT2D eigenvalue weighted by Gasteiger charge is -2.31. The van der Waals surface area contributed by atoms with Crippen LogP contribution in [0.3, 0.4) is 0 Å². The molecule has 0 fully saturated rings. The first-order chi connectivity index (χ1) is 16.6. The van der Waals surface area contributed by atoms with Gasteiger partial charge in [0, 0.05) is 12.8 Å². The van der Waals surface area contributed by atoms with Crippen LogP contribution in [0, 0.1) is 0 Å². The quantitative estimate of drug-likeness (QED) is 0.0942. The van der Waals surface area contributed by atoms with Crippen molar-refractivity contribution in [2.75, 3.05) is 6.54 Å². The van der Waals surface area contributed by atoms with E-state index in [1.165, 1.54) is 89.9 Å². The number of carbonyl (C=O) groups excluding carboxylic acids is 2. The van der Waals surface area contributed by atoms with Crippen LogP contribution in [0.5, 0.6) is 0 Å². The summed E-state index contributed by atoms with van der Waals surface area (Å²) in [5, 5.41) is 3.45. The molecule has 202 valence electrons. The largest absolute Gasteiger partial charge is 0.299 e.